The van der Waals surface area contributed by atoms with Crippen LogP contribution in [0.2, 0.25) is 0 Å². The van der Waals surface area contributed by atoms with Crippen LogP contribution in [0.1, 0.15) is 15.9 Å². The fraction of sp³-hybridized carbons (Fsp3) is 0.0500. The molecule has 0 bridgehead atoms. The highest BCUT2D eigenvalue weighted by atomic mass is 16.1. The van der Waals surface area contributed by atoms with Crippen molar-refractivity contribution < 1.29 is 4.79 Å². The number of amides is 1. The molecule has 0 radical (unpaired) electrons. The van der Waals surface area contributed by atoms with E-state index in [1.54, 1.807) is 36.5 Å². The highest BCUT2D eigenvalue weighted by Crippen LogP contribution is 2.23. The number of para-hydroxylation sites is 1. The minimum absolute atomic E-state index is 0.272. The van der Waals surface area contributed by atoms with Crippen LogP contribution in [0.25, 0.3) is 0 Å². The van der Waals surface area contributed by atoms with E-state index < -0.39 is 0 Å². The number of carbonyl (C=O) groups is 1. The van der Waals surface area contributed by atoms with Gasteiger partial charge in [-0.1, -0.05) is 24.3 Å². The molecule has 25 heavy (non-hydrogen) atoms. The van der Waals surface area contributed by atoms with Gasteiger partial charge in [0.25, 0.3) is 5.91 Å². The van der Waals surface area contributed by atoms with Crippen LogP contribution in [-0.2, 0) is 0 Å². The van der Waals surface area contributed by atoms with Crippen LogP contribution in [-0.4, -0.2) is 17.9 Å². The van der Waals surface area contributed by atoms with Crippen molar-refractivity contribution in [1.82, 2.24) is 4.98 Å². The summed E-state index contributed by atoms with van der Waals surface area (Å²) in [5.41, 5.74) is 3.33. The highest BCUT2D eigenvalue weighted by Gasteiger charge is 2.10. The van der Waals surface area contributed by atoms with Gasteiger partial charge >= 0.3 is 0 Å². The molecule has 1 amide bonds. The predicted octanol–water partition coefficient (Wildman–Crippen LogP) is 3.97. The molecule has 5 nitrogen and oxygen atoms in total. The molecule has 5 heteroatoms. The highest BCUT2D eigenvalue weighted by molar-refractivity contribution is 6.04. The molecular formula is C20H16N4O. The molecule has 0 saturated carbocycles. The van der Waals surface area contributed by atoms with Gasteiger partial charge in [0.1, 0.15) is 0 Å². The molecule has 122 valence electrons. The van der Waals surface area contributed by atoms with Gasteiger partial charge < -0.3 is 10.2 Å². The molecule has 0 unspecified atom stereocenters. The van der Waals surface area contributed by atoms with E-state index in [4.69, 9.17) is 5.26 Å². The zero-order valence-corrected chi connectivity index (χ0v) is 13.7. The van der Waals surface area contributed by atoms with Gasteiger partial charge in [-0.25, -0.2) is 0 Å². The van der Waals surface area contributed by atoms with E-state index in [0.29, 0.717) is 16.8 Å². The maximum absolute atomic E-state index is 12.5. The number of nitrogens with zero attached hydrogens (tertiary/aromatic N) is 3. The summed E-state index contributed by atoms with van der Waals surface area (Å²) in [5.74, 6) is -0.272. The van der Waals surface area contributed by atoms with Gasteiger partial charge in [0.05, 0.1) is 29.1 Å². The molecule has 0 aliphatic carbocycles. The molecule has 0 aliphatic heterocycles. The maximum atomic E-state index is 12.5. The lowest BCUT2D eigenvalue weighted by Gasteiger charge is -2.19. The summed E-state index contributed by atoms with van der Waals surface area (Å²) in [4.78, 5) is 18.6. The summed E-state index contributed by atoms with van der Waals surface area (Å²) in [6.07, 6.45) is 3.23. The van der Waals surface area contributed by atoms with Crippen molar-refractivity contribution in [2.45, 2.75) is 0 Å². The van der Waals surface area contributed by atoms with E-state index >= 15 is 0 Å². The molecule has 3 rings (SSSR count). The quantitative estimate of drug-likeness (QED) is 0.786. The Bertz CT molecular complexity index is 932. The second-order valence-electron chi connectivity index (χ2n) is 5.47. The summed E-state index contributed by atoms with van der Waals surface area (Å²) in [6, 6.07) is 20.5. The number of hydrogen-bond donors (Lipinski definition) is 1. The maximum Gasteiger partial charge on any atom is 0.257 e. The third-order valence-corrected chi connectivity index (χ3v) is 3.77. The first-order valence-corrected chi connectivity index (χ1v) is 7.73. The van der Waals surface area contributed by atoms with Gasteiger partial charge in [-0.05, 0) is 36.4 Å². The Hall–Kier alpha value is -3.65. The van der Waals surface area contributed by atoms with E-state index in [1.165, 1.54) is 6.20 Å². The van der Waals surface area contributed by atoms with Crippen LogP contribution < -0.4 is 10.2 Å². The molecule has 0 saturated heterocycles. The van der Waals surface area contributed by atoms with Crippen LogP contribution in [0.15, 0.2) is 73.1 Å². The summed E-state index contributed by atoms with van der Waals surface area (Å²) >= 11 is 0. The van der Waals surface area contributed by atoms with Crippen molar-refractivity contribution in [2.75, 3.05) is 17.3 Å². The Morgan fingerprint density at radius 1 is 1.04 bits per heavy atom. The molecule has 1 aromatic heterocycles. The van der Waals surface area contributed by atoms with Crippen molar-refractivity contribution in [3.05, 3.63) is 84.2 Å². The topological polar surface area (TPSA) is 69.0 Å². The number of nitrogens with one attached hydrogen (secondary N) is 1. The summed E-state index contributed by atoms with van der Waals surface area (Å²) in [5, 5.41) is 11.7. The van der Waals surface area contributed by atoms with E-state index in [-0.39, 0.29) is 5.91 Å². The molecule has 3 aromatic rings. The molecule has 0 spiro atoms. The average molecular weight is 328 g/mol. The molecule has 2 aromatic carbocycles. The Kier molecular flexibility index (Phi) is 4.72. The molecule has 0 aliphatic rings. The number of hydrogen-bond acceptors (Lipinski definition) is 4. The Labute approximate surface area is 146 Å². The number of aromatic nitrogens is 1. The molecule has 0 fully saturated rings. The smallest absolute Gasteiger partial charge is 0.257 e. The van der Waals surface area contributed by atoms with Gasteiger partial charge in [0, 0.05) is 24.6 Å². The van der Waals surface area contributed by atoms with Crippen LogP contribution in [0.3, 0.4) is 0 Å². The molecule has 1 heterocycles. The van der Waals surface area contributed by atoms with Crippen LogP contribution in [0.5, 0.6) is 0 Å². The van der Waals surface area contributed by atoms with Crippen molar-refractivity contribution in [2.24, 2.45) is 0 Å². The summed E-state index contributed by atoms with van der Waals surface area (Å²) < 4.78 is 0. The van der Waals surface area contributed by atoms with Gasteiger partial charge in [-0.2, -0.15) is 5.26 Å². The number of anilines is 3. The standard InChI is InChI=1S/C20H16N4O/c1-24(18-8-3-2-4-9-18)19-11-16(13-22-14-19)20(25)23-17-7-5-6-15(10-17)12-21/h2-11,13-14H,1H3,(H,23,25). The first kappa shape index (κ1) is 16.2. The minimum Gasteiger partial charge on any atom is -0.343 e. The fourth-order valence-electron chi connectivity index (χ4n) is 2.41. The zero-order valence-electron chi connectivity index (χ0n) is 13.7. The van der Waals surface area contributed by atoms with Gasteiger partial charge in [0.2, 0.25) is 0 Å². The van der Waals surface area contributed by atoms with Gasteiger partial charge in [-0.3, -0.25) is 9.78 Å². The Balaban J connectivity index is 1.81. The Morgan fingerprint density at radius 3 is 2.60 bits per heavy atom. The van der Waals surface area contributed by atoms with E-state index in [2.05, 4.69) is 16.4 Å². The fourth-order valence-corrected chi connectivity index (χ4v) is 2.41. The number of nitriles is 1. The lowest BCUT2D eigenvalue weighted by molar-refractivity contribution is 0.102. The monoisotopic (exact) mass is 328 g/mol. The van der Waals surface area contributed by atoms with Gasteiger partial charge in [-0.15, -0.1) is 0 Å². The number of pyridine rings is 1. The van der Waals surface area contributed by atoms with E-state index in [9.17, 15) is 4.79 Å². The third kappa shape index (κ3) is 3.82. The summed E-state index contributed by atoms with van der Waals surface area (Å²) in [7, 11) is 1.92. The van der Waals surface area contributed by atoms with Crippen molar-refractivity contribution >= 4 is 23.0 Å². The van der Waals surface area contributed by atoms with Crippen LogP contribution in [0, 0.1) is 11.3 Å². The second kappa shape index (κ2) is 7.28. The average Bonchev–Trinajstić information content (AvgIpc) is 2.68. The number of carbonyl (C=O) groups excluding carboxylic acids is 1. The minimum atomic E-state index is -0.272. The number of benzene rings is 2. The predicted molar refractivity (Wildman–Crippen MR) is 97.9 cm³/mol. The van der Waals surface area contributed by atoms with Crippen LogP contribution in [0.4, 0.5) is 17.1 Å². The molecule has 1 N–H and O–H groups in total. The van der Waals surface area contributed by atoms with Crippen molar-refractivity contribution in [3.8, 4) is 6.07 Å². The largest absolute Gasteiger partial charge is 0.343 e. The normalized spacial score (nSPS) is 9.92. The first-order chi connectivity index (χ1) is 12.2. The van der Waals surface area contributed by atoms with Crippen molar-refractivity contribution in [1.29, 1.82) is 5.26 Å². The second-order valence-corrected chi connectivity index (χ2v) is 5.47. The summed E-state index contributed by atoms with van der Waals surface area (Å²) in [6.45, 7) is 0. The number of rotatable bonds is 4. The molecular weight excluding hydrogens is 312 g/mol. The first-order valence-electron chi connectivity index (χ1n) is 7.73. The Morgan fingerprint density at radius 2 is 1.84 bits per heavy atom. The zero-order chi connectivity index (χ0) is 17.6. The van der Waals surface area contributed by atoms with Crippen molar-refractivity contribution in [3.63, 3.8) is 0 Å². The SMILES string of the molecule is CN(c1ccccc1)c1cncc(C(=O)Nc2cccc(C#N)c2)c1. The third-order valence-electron chi connectivity index (χ3n) is 3.77. The van der Waals surface area contributed by atoms with E-state index in [0.717, 1.165) is 11.4 Å². The van der Waals surface area contributed by atoms with Crippen LogP contribution >= 0.6 is 0 Å². The lowest BCUT2D eigenvalue weighted by atomic mass is 10.2. The van der Waals surface area contributed by atoms with Gasteiger partial charge in [0.15, 0.2) is 0 Å². The molecule has 0 atom stereocenters. The lowest BCUT2D eigenvalue weighted by Crippen LogP contribution is -2.15. The van der Waals surface area contributed by atoms with E-state index in [1.807, 2.05) is 42.3 Å².